The van der Waals surface area contributed by atoms with Gasteiger partial charge < -0.3 is 0 Å². The minimum atomic E-state index is 0. The largest absolute Gasteiger partial charge is 0.266 e. The SMILES string of the molecule is CC1=CN=C(C)CC1.[Ar]. The number of aliphatic imine (C=N–C) groups is 1. The molecular weight excluding hydrogens is 138 g/mol. The second-order valence-corrected chi connectivity index (χ2v) is 2.34. The molecule has 1 rings (SSSR count). The van der Waals surface area contributed by atoms with Crippen LogP contribution in [0.1, 0.15) is 26.7 Å². The number of rotatable bonds is 0. The average molecular weight is 149 g/mol. The fourth-order valence-electron chi connectivity index (χ4n) is 0.728. The van der Waals surface area contributed by atoms with Crippen molar-refractivity contribution in [3.63, 3.8) is 0 Å². The summed E-state index contributed by atoms with van der Waals surface area (Å²) in [5.41, 5.74) is 2.66. The zero-order valence-corrected chi connectivity index (χ0v) is 6.50. The Hall–Kier alpha value is 0.670. The molecule has 1 nitrogen and oxygen atoms in total. The molecular formula is C7H11ArN. The van der Waals surface area contributed by atoms with Crippen molar-refractivity contribution in [2.75, 3.05) is 0 Å². The third-order valence-electron chi connectivity index (χ3n) is 1.39. The summed E-state index contributed by atoms with van der Waals surface area (Å²) >= 11 is 0. The molecule has 0 saturated heterocycles. The van der Waals surface area contributed by atoms with E-state index in [0.717, 1.165) is 6.42 Å². The Kier molecular flexibility index (Phi) is 4.81. The minimum absolute atomic E-state index is 0. The molecule has 0 aliphatic carbocycles. The average Bonchev–Trinajstić information content (AvgIpc) is 1.77. The summed E-state index contributed by atoms with van der Waals surface area (Å²) < 4.78 is 0. The summed E-state index contributed by atoms with van der Waals surface area (Å²) in [7, 11) is 0. The van der Waals surface area contributed by atoms with Crippen LogP contribution in [0, 0.1) is 37.7 Å². The van der Waals surface area contributed by atoms with Gasteiger partial charge in [0, 0.05) is 49.6 Å². The Labute approximate surface area is 86.2 Å². The summed E-state index contributed by atoms with van der Waals surface area (Å²) in [4.78, 5) is 4.17. The second-order valence-electron chi connectivity index (χ2n) is 2.34. The van der Waals surface area contributed by atoms with Crippen molar-refractivity contribution in [3.05, 3.63) is 11.8 Å². The zero-order chi connectivity index (χ0) is 5.98. The van der Waals surface area contributed by atoms with E-state index in [4.69, 9.17) is 0 Å². The van der Waals surface area contributed by atoms with Crippen LogP contribution in [0.5, 0.6) is 0 Å². The molecule has 0 N–H and O–H groups in total. The van der Waals surface area contributed by atoms with Gasteiger partial charge in [0.15, 0.2) is 0 Å². The number of hydrogen-bond acceptors (Lipinski definition) is 1. The smallest absolute Gasteiger partial charge is 0.0256 e. The quantitative estimate of drug-likeness (QED) is 0.500. The van der Waals surface area contributed by atoms with Crippen LogP contribution in [0.15, 0.2) is 16.8 Å². The van der Waals surface area contributed by atoms with Crippen molar-refractivity contribution in [3.8, 4) is 0 Å². The van der Waals surface area contributed by atoms with Crippen LogP contribution in [0.2, 0.25) is 0 Å². The molecule has 1 aliphatic heterocycles. The van der Waals surface area contributed by atoms with Gasteiger partial charge in [-0.2, -0.15) is 0 Å². The Balaban J connectivity index is 0.000000640. The first kappa shape index (κ1) is 9.67. The maximum Gasteiger partial charge on any atom is 0.0256 e. The van der Waals surface area contributed by atoms with E-state index in [2.05, 4.69) is 18.8 Å². The van der Waals surface area contributed by atoms with Crippen molar-refractivity contribution in [1.82, 2.24) is 0 Å². The predicted molar refractivity (Wildman–Crippen MR) is 36.1 cm³/mol. The van der Waals surface area contributed by atoms with Crippen LogP contribution in [0.3, 0.4) is 0 Å². The van der Waals surface area contributed by atoms with Crippen molar-refractivity contribution in [2.24, 2.45) is 4.99 Å². The standard InChI is InChI=1S/C7H11N.Ar/c1-6-3-4-7(2)8-5-6;/h5H,3-4H2,1-2H3;. The minimum Gasteiger partial charge on any atom is -0.266 e. The molecule has 0 atom stereocenters. The summed E-state index contributed by atoms with van der Waals surface area (Å²) in [6, 6.07) is 0. The van der Waals surface area contributed by atoms with Gasteiger partial charge in [-0.1, -0.05) is 5.57 Å². The molecule has 1 aliphatic rings. The normalized spacial score (nSPS) is 17.6. The number of hydrogen-bond donors (Lipinski definition) is 0. The van der Waals surface area contributed by atoms with Gasteiger partial charge in [0.25, 0.3) is 0 Å². The van der Waals surface area contributed by atoms with Gasteiger partial charge in [0.1, 0.15) is 0 Å². The molecule has 0 radical (unpaired) electrons. The van der Waals surface area contributed by atoms with Gasteiger partial charge in [-0.05, 0) is 26.7 Å². The molecule has 0 saturated carbocycles. The van der Waals surface area contributed by atoms with Crippen LogP contribution in [0.25, 0.3) is 0 Å². The van der Waals surface area contributed by atoms with Gasteiger partial charge in [0.05, 0.1) is 0 Å². The first-order valence-electron chi connectivity index (χ1n) is 2.98. The van der Waals surface area contributed by atoms with E-state index in [1.165, 1.54) is 17.7 Å². The third kappa shape index (κ3) is 3.39. The maximum atomic E-state index is 4.17. The van der Waals surface area contributed by atoms with Gasteiger partial charge in [-0.3, -0.25) is 4.99 Å². The fourth-order valence-corrected chi connectivity index (χ4v) is 0.728. The van der Waals surface area contributed by atoms with Crippen LogP contribution in [-0.4, -0.2) is 5.71 Å². The Morgan fingerprint density at radius 3 is 2.33 bits per heavy atom. The Bertz CT molecular complexity index is 129. The molecule has 0 fully saturated rings. The first-order valence-corrected chi connectivity index (χ1v) is 2.98. The number of nitrogens with zero attached hydrogens (tertiary/aromatic N) is 1. The monoisotopic (exact) mass is 149 g/mol. The van der Waals surface area contributed by atoms with E-state index < -0.39 is 0 Å². The molecule has 9 heavy (non-hydrogen) atoms. The summed E-state index contributed by atoms with van der Waals surface area (Å²) in [6.45, 7) is 4.19. The van der Waals surface area contributed by atoms with E-state index in [1.54, 1.807) is 0 Å². The predicted octanol–water partition coefficient (Wildman–Crippen LogP) is 2.14. The van der Waals surface area contributed by atoms with Gasteiger partial charge >= 0.3 is 0 Å². The van der Waals surface area contributed by atoms with Gasteiger partial charge in [-0.15, -0.1) is 0 Å². The topological polar surface area (TPSA) is 12.4 Å². The van der Waals surface area contributed by atoms with Crippen molar-refractivity contribution in [1.29, 1.82) is 0 Å². The molecule has 0 aromatic rings. The summed E-state index contributed by atoms with van der Waals surface area (Å²) in [5, 5.41) is 0. The maximum absolute atomic E-state index is 4.17. The molecule has 0 spiro atoms. The first-order chi connectivity index (χ1) is 3.79. The third-order valence-corrected chi connectivity index (χ3v) is 1.39. The van der Waals surface area contributed by atoms with Gasteiger partial charge in [-0.25, -0.2) is 0 Å². The molecule has 0 bridgehead atoms. The number of allylic oxidation sites excluding steroid dienone is 1. The van der Waals surface area contributed by atoms with E-state index in [0.29, 0.717) is 0 Å². The van der Waals surface area contributed by atoms with E-state index in [1.807, 2.05) is 6.20 Å². The van der Waals surface area contributed by atoms with Crippen LogP contribution >= 0.6 is 0 Å². The van der Waals surface area contributed by atoms with Crippen LogP contribution < -0.4 is 0 Å². The molecule has 1 heterocycles. The van der Waals surface area contributed by atoms with Crippen LogP contribution in [-0.2, 0) is 0 Å². The molecule has 0 aromatic carbocycles. The zero-order valence-electron chi connectivity index (χ0n) is 5.79. The van der Waals surface area contributed by atoms with Crippen LogP contribution in [0.4, 0.5) is 0 Å². The van der Waals surface area contributed by atoms with Gasteiger partial charge in [0.2, 0.25) is 0 Å². The fraction of sp³-hybridized carbons (Fsp3) is 0.571. The molecule has 0 amide bonds. The van der Waals surface area contributed by atoms with E-state index in [9.17, 15) is 0 Å². The van der Waals surface area contributed by atoms with E-state index in [-0.39, 0.29) is 37.7 Å². The summed E-state index contributed by atoms with van der Waals surface area (Å²) in [6.07, 6.45) is 4.32. The van der Waals surface area contributed by atoms with E-state index >= 15 is 0 Å². The molecule has 52 valence electrons. The Morgan fingerprint density at radius 2 is 2.00 bits per heavy atom. The van der Waals surface area contributed by atoms with Crippen molar-refractivity contribution >= 4 is 5.71 Å². The molecule has 2 heteroatoms. The second kappa shape index (κ2) is 4.48. The van der Waals surface area contributed by atoms with Crippen molar-refractivity contribution in [2.45, 2.75) is 26.7 Å². The summed E-state index contributed by atoms with van der Waals surface area (Å²) in [5.74, 6) is 0. The van der Waals surface area contributed by atoms with Crippen molar-refractivity contribution < 1.29 is 37.7 Å². The molecule has 0 unspecified atom stereocenters. The Morgan fingerprint density at radius 1 is 1.33 bits per heavy atom. The molecule has 0 aromatic heterocycles.